The Bertz CT molecular complexity index is 401. The molecule has 2 atom stereocenters. The molecule has 17 heavy (non-hydrogen) atoms. The van der Waals surface area contributed by atoms with Crippen LogP contribution in [0.15, 0.2) is 24.3 Å². The number of ketones is 1. The number of aryl methyl sites for hydroxylation is 1. The number of carbonyl (C=O) groups excluding carboxylic acids is 1. The molecule has 1 aromatic rings. The zero-order valence-electron chi connectivity index (χ0n) is 10.8. The molecule has 0 aromatic heterocycles. The van der Waals surface area contributed by atoms with Crippen LogP contribution in [0.1, 0.15) is 31.9 Å². The topological polar surface area (TPSA) is 29.6 Å². The summed E-state index contributed by atoms with van der Waals surface area (Å²) in [6.45, 7) is 6.60. The fraction of sp³-hybridized carbons (Fsp3) is 0.533. The van der Waals surface area contributed by atoms with E-state index in [0.29, 0.717) is 6.61 Å². The largest absolute Gasteiger partial charge is 0.362 e. The van der Waals surface area contributed by atoms with Gasteiger partial charge in [-0.25, -0.2) is 0 Å². The van der Waals surface area contributed by atoms with E-state index in [1.807, 2.05) is 13.8 Å². The Hall–Kier alpha value is -1.15. The van der Waals surface area contributed by atoms with Crippen LogP contribution in [0.25, 0.3) is 0 Å². The molecule has 0 N–H and O–H groups in total. The second kappa shape index (κ2) is 4.61. The van der Waals surface area contributed by atoms with E-state index in [1.54, 1.807) is 0 Å². The van der Waals surface area contributed by atoms with Crippen molar-refractivity contribution in [3.05, 3.63) is 35.4 Å². The average molecular weight is 232 g/mol. The van der Waals surface area contributed by atoms with Crippen molar-refractivity contribution in [1.29, 1.82) is 0 Å². The Kier molecular flexibility index (Phi) is 3.34. The first kappa shape index (κ1) is 12.3. The van der Waals surface area contributed by atoms with Crippen LogP contribution in [0.2, 0.25) is 0 Å². The summed E-state index contributed by atoms with van der Waals surface area (Å²) in [6, 6.07) is 8.53. The predicted octanol–water partition coefficient (Wildman–Crippen LogP) is 2.79. The van der Waals surface area contributed by atoms with Crippen LogP contribution < -0.4 is 0 Å². The van der Waals surface area contributed by atoms with Crippen LogP contribution in [0.4, 0.5) is 0 Å². The normalized spacial score (nSPS) is 24.4. The Morgan fingerprint density at radius 2 is 1.88 bits per heavy atom. The smallest absolute Gasteiger partial charge is 0.169 e. The Morgan fingerprint density at radius 3 is 2.35 bits per heavy atom. The van der Waals surface area contributed by atoms with Crippen molar-refractivity contribution < 1.29 is 9.53 Å². The molecule has 1 aromatic carbocycles. The van der Waals surface area contributed by atoms with E-state index in [1.165, 1.54) is 11.1 Å². The molecule has 0 saturated carbocycles. The Labute approximate surface area is 103 Å². The fourth-order valence-corrected chi connectivity index (χ4v) is 2.13. The van der Waals surface area contributed by atoms with Gasteiger partial charge >= 0.3 is 0 Å². The van der Waals surface area contributed by atoms with Gasteiger partial charge in [0, 0.05) is 5.92 Å². The highest BCUT2D eigenvalue weighted by atomic mass is 16.6. The van der Waals surface area contributed by atoms with Crippen LogP contribution in [0, 0.1) is 5.92 Å². The van der Waals surface area contributed by atoms with Gasteiger partial charge in [-0.15, -0.1) is 0 Å². The highest BCUT2D eigenvalue weighted by molar-refractivity contribution is 5.91. The molecule has 1 heterocycles. The van der Waals surface area contributed by atoms with Gasteiger partial charge in [0.2, 0.25) is 0 Å². The van der Waals surface area contributed by atoms with Crippen LogP contribution in [-0.4, -0.2) is 18.0 Å². The highest BCUT2D eigenvalue weighted by Gasteiger charge is 2.48. The van der Waals surface area contributed by atoms with Gasteiger partial charge in [-0.05, 0) is 30.9 Å². The summed E-state index contributed by atoms with van der Waals surface area (Å²) in [5.74, 6) is 0.270. The van der Waals surface area contributed by atoms with Gasteiger partial charge in [0.1, 0.15) is 5.60 Å². The summed E-state index contributed by atoms with van der Waals surface area (Å²) < 4.78 is 5.20. The number of ether oxygens (including phenoxy) is 1. The maximum Gasteiger partial charge on any atom is 0.169 e. The van der Waals surface area contributed by atoms with Crippen molar-refractivity contribution in [2.75, 3.05) is 6.61 Å². The first-order chi connectivity index (χ1) is 8.05. The second-order valence-corrected chi connectivity index (χ2v) is 5.16. The van der Waals surface area contributed by atoms with Crippen molar-refractivity contribution in [2.45, 2.75) is 39.2 Å². The maximum atomic E-state index is 12.0. The third kappa shape index (κ3) is 2.75. The summed E-state index contributed by atoms with van der Waals surface area (Å²) in [4.78, 5) is 12.0. The number of benzene rings is 1. The summed E-state index contributed by atoms with van der Waals surface area (Å²) in [7, 11) is 0. The minimum Gasteiger partial charge on any atom is -0.362 e. The number of epoxide rings is 1. The molecule has 0 spiro atoms. The van der Waals surface area contributed by atoms with Gasteiger partial charge in [-0.1, -0.05) is 38.1 Å². The first-order valence-electron chi connectivity index (χ1n) is 6.31. The summed E-state index contributed by atoms with van der Waals surface area (Å²) in [6.07, 6.45) is 1.86. The second-order valence-electron chi connectivity index (χ2n) is 5.16. The van der Waals surface area contributed by atoms with Crippen LogP contribution in [-0.2, 0) is 22.4 Å². The van der Waals surface area contributed by atoms with E-state index in [2.05, 4.69) is 31.2 Å². The van der Waals surface area contributed by atoms with Gasteiger partial charge in [-0.3, -0.25) is 4.79 Å². The number of hydrogen-bond acceptors (Lipinski definition) is 2. The quantitative estimate of drug-likeness (QED) is 0.731. The van der Waals surface area contributed by atoms with Gasteiger partial charge in [0.25, 0.3) is 0 Å². The lowest BCUT2D eigenvalue weighted by molar-refractivity contribution is -0.127. The number of carbonyl (C=O) groups is 1. The molecule has 1 aliphatic rings. The standard InChI is InChI=1S/C15H20O2/c1-4-12-5-7-13(8-6-12)9-11(2)14(16)15(3)10-17-15/h5-8,11H,4,9-10H2,1-3H3/t11-,15+/m0/s1. The third-order valence-corrected chi connectivity index (χ3v) is 3.52. The molecule has 2 rings (SSSR count). The zero-order valence-corrected chi connectivity index (χ0v) is 10.8. The molecule has 2 heteroatoms. The molecular weight excluding hydrogens is 212 g/mol. The maximum absolute atomic E-state index is 12.0. The number of rotatable bonds is 5. The number of hydrogen-bond donors (Lipinski definition) is 0. The van der Waals surface area contributed by atoms with Crippen molar-refractivity contribution in [3.8, 4) is 0 Å². The van der Waals surface area contributed by atoms with E-state index in [0.717, 1.165) is 12.8 Å². The van der Waals surface area contributed by atoms with Gasteiger partial charge in [0.15, 0.2) is 5.78 Å². The molecule has 0 radical (unpaired) electrons. The highest BCUT2D eigenvalue weighted by Crippen LogP contribution is 2.31. The zero-order chi connectivity index (χ0) is 12.5. The SMILES string of the molecule is CCc1ccc(C[C@H](C)C(=O)[C@@]2(C)CO2)cc1. The predicted molar refractivity (Wildman–Crippen MR) is 68.1 cm³/mol. The lowest BCUT2D eigenvalue weighted by Crippen LogP contribution is -2.28. The van der Waals surface area contributed by atoms with Crippen molar-refractivity contribution >= 4 is 5.78 Å². The van der Waals surface area contributed by atoms with Gasteiger partial charge in [-0.2, -0.15) is 0 Å². The molecule has 1 saturated heterocycles. The van der Waals surface area contributed by atoms with Gasteiger partial charge < -0.3 is 4.74 Å². The molecule has 1 fully saturated rings. The van der Waals surface area contributed by atoms with Crippen LogP contribution in [0.3, 0.4) is 0 Å². The van der Waals surface area contributed by atoms with E-state index in [-0.39, 0.29) is 11.7 Å². The molecule has 92 valence electrons. The minimum absolute atomic E-state index is 0.0370. The van der Waals surface area contributed by atoms with Crippen molar-refractivity contribution in [1.82, 2.24) is 0 Å². The molecule has 0 aliphatic carbocycles. The monoisotopic (exact) mass is 232 g/mol. The van der Waals surface area contributed by atoms with Crippen molar-refractivity contribution in [2.24, 2.45) is 5.92 Å². The van der Waals surface area contributed by atoms with E-state index in [9.17, 15) is 4.79 Å². The molecule has 0 bridgehead atoms. The van der Waals surface area contributed by atoms with Crippen molar-refractivity contribution in [3.63, 3.8) is 0 Å². The summed E-state index contributed by atoms with van der Waals surface area (Å²) >= 11 is 0. The Balaban J connectivity index is 1.97. The molecular formula is C15H20O2. The Morgan fingerprint density at radius 1 is 1.35 bits per heavy atom. The molecule has 0 amide bonds. The molecule has 1 aliphatic heterocycles. The van der Waals surface area contributed by atoms with E-state index in [4.69, 9.17) is 4.74 Å². The average Bonchev–Trinajstić information content (AvgIpc) is 3.08. The van der Waals surface area contributed by atoms with Crippen LogP contribution >= 0.6 is 0 Å². The summed E-state index contributed by atoms with van der Waals surface area (Å²) in [5.41, 5.74) is 2.08. The molecule has 0 unspecified atom stereocenters. The third-order valence-electron chi connectivity index (χ3n) is 3.52. The lowest BCUT2D eigenvalue weighted by Gasteiger charge is -2.13. The molecule has 2 nitrogen and oxygen atoms in total. The van der Waals surface area contributed by atoms with Gasteiger partial charge in [0.05, 0.1) is 6.61 Å². The first-order valence-corrected chi connectivity index (χ1v) is 6.31. The summed E-state index contributed by atoms with van der Waals surface area (Å²) in [5, 5.41) is 0. The van der Waals surface area contributed by atoms with E-state index >= 15 is 0 Å². The van der Waals surface area contributed by atoms with E-state index < -0.39 is 5.60 Å². The van der Waals surface area contributed by atoms with Crippen LogP contribution in [0.5, 0.6) is 0 Å². The lowest BCUT2D eigenvalue weighted by atomic mass is 9.90. The minimum atomic E-state index is -0.483. The number of Topliss-reactive ketones (excluding diaryl/α,β-unsaturated/α-hetero) is 1. The fourth-order valence-electron chi connectivity index (χ4n) is 2.13.